The highest BCUT2D eigenvalue weighted by atomic mass is 15.0. The smallest absolute Gasteiger partial charge is 0.128 e. The number of nitrogens with zero attached hydrogens (tertiary/aromatic N) is 2. The molecule has 1 heterocycles. The summed E-state index contributed by atoms with van der Waals surface area (Å²) in [7, 11) is 0. The van der Waals surface area contributed by atoms with Crippen LogP contribution < -0.4 is 11.1 Å². The Morgan fingerprint density at radius 2 is 2.22 bits per heavy atom. The third kappa shape index (κ3) is 2.41. The number of nitriles is 1. The number of pyridine rings is 1. The predicted molar refractivity (Wildman–Crippen MR) is 73.2 cm³/mol. The second-order valence-corrected chi connectivity index (χ2v) is 4.17. The van der Waals surface area contributed by atoms with Crippen LogP contribution in [0, 0.1) is 11.3 Å². The van der Waals surface area contributed by atoms with Crippen LogP contribution in [0.2, 0.25) is 0 Å². The Labute approximate surface area is 106 Å². The van der Waals surface area contributed by atoms with Gasteiger partial charge in [-0.1, -0.05) is 25.1 Å². The highest BCUT2D eigenvalue weighted by molar-refractivity contribution is 5.86. The quantitative estimate of drug-likeness (QED) is 0.859. The number of para-hydroxylation sites is 1. The number of anilines is 1. The van der Waals surface area contributed by atoms with Crippen molar-refractivity contribution in [3.8, 4) is 6.07 Å². The highest BCUT2D eigenvalue weighted by Crippen LogP contribution is 2.20. The number of rotatable bonds is 4. The Morgan fingerprint density at radius 1 is 1.44 bits per heavy atom. The number of hydrogen-bond acceptors (Lipinski definition) is 4. The van der Waals surface area contributed by atoms with Gasteiger partial charge in [-0.3, -0.25) is 0 Å². The maximum absolute atomic E-state index is 9.18. The Balaban J connectivity index is 2.44. The molecule has 2 rings (SSSR count). The number of benzene rings is 1. The lowest BCUT2D eigenvalue weighted by Gasteiger charge is -2.15. The third-order valence-electron chi connectivity index (χ3n) is 2.97. The first-order chi connectivity index (χ1) is 8.78. The minimum atomic E-state index is 0.185. The molecule has 0 saturated carbocycles. The summed E-state index contributed by atoms with van der Waals surface area (Å²) in [4.78, 5) is 4.50. The minimum absolute atomic E-state index is 0.185. The van der Waals surface area contributed by atoms with E-state index in [1.165, 1.54) is 0 Å². The van der Waals surface area contributed by atoms with E-state index in [-0.39, 0.29) is 6.04 Å². The van der Waals surface area contributed by atoms with Crippen molar-refractivity contribution in [2.45, 2.75) is 19.4 Å². The van der Waals surface area contributed by atoms with E-state index in [1.807, 2.05) is 24.3 Å². The van der Waals surface area contributed by atoms with Crippen LogP contribution in [0.4, 0.5) is 5.82 Å². The third-order valence-corrected chi connectivity index (χ3v) is 2.97. The van der Waals surface area contributed by atoms with E-state index in [1.54, 1.807) is 6.07 Å². The molecule has 1 aromatic heterocycles. The first-order valence-electron chi connectivity index (χ1n) is 6.05. The van der Waals surface area contributed by atoms with E-state index >= 15 is 0 Å². The molecule has 0 fully saturated rings. The summed E-state index contributed by atoms with van der Waals surface area (Å²) in [6, 6.07) is 11.8. The van der Waals surface area contributed by atoms with Crippen molar-refractivity contribution in [3.05, 3.63) is 35.9 Å². The van der Waals surface area contributed by atoms with E-state index in [9.17, 15) is 5.26 Å². The molecule has 92 valence electrons. The molecule has 0 aliphatic rings. The first kappa shape index (κ1) is 12.3. The zero-order chi connectivity index (χ0) is 13.0. The van der Waals surface area contributed by atoms with Crippen LogP contribution in [-0.4, -0.2) is 17.6 Å². The van der Waals surface area contributed by atoms with Crippen molar-refractivity contribution in [1.82, 2.24) is 4.98 Å². The van der Waals surface area contributed by atoms with Crippen LogP contribution in [0.3, 0.4) is 0 Å². The number of fused-ring (bicyclic) bond motifs is 1. The van der Waals surface area contributed by atoms with Crippen LogP contribution >= 0.6 is 0 Å². The van der Waals surface area contributed by atoms with Crippen molar-refractivity contribution in [1.29, 1.82) is 5.26 Å². The zero-order valence-electron chi connectivity index (χ0n) is 10.4. The standard InChI is InChI=1S/C14H16N4/c1-2-11(9-16)17-14-7-10(8-15)12-5-3-4-6-13(12)18-14/h3-7,11H,2,9,16H2,1H3,(H,17,18). The van der Waals surface area contributed by atoms with Crippen LogP contribution in [0.15, 0.2) is 30.3 Å². The van der Waals surface area contributed by atoms with Gasteiger partial charge in [-0.15, -0.1) is 0 Å². The lowest BCUT2D eigenvalue weighted by Crippen LogP contribution is -2.28. The molecule has 0 amide bonds. The fourth-order valence-corrected chi connectivity index (χ4v) is 1.88. The summed E-state index contributed by atoms with van der Waals surface area (Å²) < 4.78 is 0. The highest BCUT2D eigenvalue weighted by Gasteiger charge is 2.08. The van der Waals surface area contributed by atoms with Crippen LogP contribution in [0.5, 0.6) is 0 Å². The molecular weight excluding hydrogens is 224 g/mol. The molecule has 1 unspecified atom stereocenters. The maximum Gasteiger partial charge on any atom is 0.128 e. The average Bonchev–Trinajstić information content (AvgIpc) is 2.43. The molecule has 0 radical (unpaired) electrons. The Kier molecular flexibility index (Phi) is 3.75. The van der Waals surface area contributed by atoms with Gasteiger partial charge in [0.15, 0.2) is 0 Å². The summed E-state index contributed by atoms with van der Waals surface area (Å²) in [5, 5.41) is 13.3. The number of aromatic nitrogens is 1. The van der Waals surface area contributed by atoms with Gasteiger partial charge >= 0.3 is 0 Å². The maximum atomic E-state index is 9.18. The van der Waals surface area contributed by atoms with Gasteiger partial charge in [0, 0.05) is 18.0 Å². The molecule has 1 aromatic carbocycles. The van der Waals surface area contributed by atoms with Gasteiger partial charge < -0.3 is 11.1 Å². The van der Waals surface area contributed by atoms with Gasteiger partial charge in [-0.05, 0) is 18.6 Å². The van der Waals surface area contributed by atoms with Crippen LogP contribution in [-0.2, 0) is 0 Å². The molecule has 4 nitrogen and oxygen atoms in total. The summed E-state index contributed by atoms with van der Waals surface area (Å²) in [6.45, 7) is 2.61. The predicted octanol–water partition coefficient (Wildman–Crippen LogP) is 2.26. The average molecular weight is 240 g/mol. The van der Waals surface area contributed by atoms with Crippen molar-refractivity contribution >= 4 is 16.7 Å². The second kappa shape index (κ2) is 5.48. The summed E-state index contributed by atoms with van der Waals surface area (Å²) in [5.74, 6) is 0.711. The van der Waals surface area contributed by atoms with Gasteiger partial charge in [0.1, 0.15) is 5.82 Å². The summed E-state index contributed by atoms with van der Waals surface area (Å²) in [6.07, 6.45) is 0.924. The lowest BCUT2D eigenvalue weighted by atomic mass is 10.1. The van der Waals surface area contributed by atoms with E-state index < -0.39 is 0 Å². The molecule has 1 atom stereocenters. The topological polar surface area (TPSA) is 74.7 Å². The summed E-state index contributed by atoms with van der Waals surface area (Å²) >= 11 is 0. The molecule has 0 saturated heterocycles. The van der Waals surface area contributed by atoms with Crippen molar-refractivity contribution < 1.29 is 0 Å². The van der Waals surface area contributed by atoms with Crippen LogP contribution in [0.1, 0.15) is 18.9 Å². The van der Waals surface area contributed by atoms with E-state index in [0.29, 0.717) is 17.9 Å². The van der Waals surface area contributed by atoms with Gasteiger partial charge in [0.25, 0.3) is 0 Å². The van der Waals surface area contributed by atoms with E-state index in [0.717, 1.165) is 17.3 Å². The van der Waals surface area contributed by atoms with E-state index in [4.69, 9.17) is 5.73 Å². The molecule has 2 aromatic rings. The monoisotopic (exact) mass is 240 g/mol. The molecule has 0 spiro atoms. The zero-order valence-corrected chi connectivity index (χ0v) is 10.4. The Morgan fingerprint density at radius 3 is 2.89 bits per heavy atom. The Hall–Kier alpha value is -2.12. The number of nitrogens with two attached hydrogens (primary N) is 1. The number of nitrogens with one attached hydrogen (secondary N) is 1. The van der Waals surface area contributed by atoms with Gasteiger partial charge in [-0.25, -0.2) is 4.98 Å². The summed E-state index contributed by atoms with van der Waals surface area (Å²) in [5.41, 5.74) is 7.12. The molecule has 0 aliphatic carbocycles. The van der Waals surface area contributed by atoms with Crippen LogP contribution in [0.25, 0.3) is 10.9 Å². The SMILES string of the molecule is CCC(CN)Nc1cc(C#N)c2ccccc2n1. The van der Waals surface area contributed by atoms with Crippen molar-refractivity contribution in [2.75, 3.05) is 11.9 Å². The molecule has 4 heteroatoms. The molecule has 0 bridgehead atoms. The second-order valence-electron chi connectivity index (χ2n) is 4.17. The molecular formula is C14H16N4. The minimum Gasteiger partial charge on any atom is -0.366 e. The van der Waals surface area contributed by atoms with Gasteiger partial charge in [0.2, 0.25) is 0 Å². The van der Waals surface area contributed by atoms with Gasteiger partial charge in [0.05, 0.1) is 17.1 Å². The largest absolute Gasteiger partial charge is 0.366 e. The van der Waals surface area contributed by atoms with Gasteiger partial charge in [-0.2, -0.15) is 5.26 Å². The fraction of sp³-hybridized carbons (Fsp3) is 0.286. The Bertz CT molecular complexity index is 582. The molecule has 3 N–H and O–H groups in total. The van der Waals surface area contributed by atoms with E-state index in [2.05, 4.69) is 23.3 Å². The van der Waals surface area contributed by atoms with Crippen molar-refractivity contribution in [3.63, 3.8) is 0 Å². The number of hydrogen-bond donors (Lipinski definition) is 2. The van der Waals surface area contributed by atoms with Crippen molar-refractivity contribution in [2.24, 2.45) is 5.73 Å². The fourth-order valence-electron chi connectivity index (χ4n) is 1.88. The molecule has 0 aliphatic heterocycles. The molecule has 18 heavy (non-hydrogen) atoms. The normalized spacial score (nSPS) is 12.1. The lowest BCUT2D eigenvalue weighted by molar-refractivity contribution is 0.700. The first-order valence-corrected chi connectivity index (χ1v) is 6.05.